The molecule has 0 saturated carbocycles. The second kappa shape index (κ2) is 9.08. The fraction of sp³-hybridized carbons (Fsp3) is 0.444. The van der Waals surface area contributed by atoms with Gasteiger partial charge in [0.05, 0.1) is 10.6 Å². The van der Waals surface area contributed by atoms with Crippen LogP contribution in [0.1, 0.15) is 31.4 Å². The zero-order valence-corrected chi connectivity index (χ0v) is 17.8. The molecule has 1 aliphatic heterocycles. The number of anilines is 1. The molecule has 0 aromatic carbocycles. The van der Waals surface area contributed by atoms with Gasteiger partial charge in [-0.05, 0) is 49.6 Å². The Morgan fingerprint density at radius 2 is 2.14 bits per heavy atom. The number of thiophene rings is 1. The van der Waals surface area contributed by atoms with Crippen molar-refractivity contribution in [3.8, 4) is 10.7 Å². The molecule has 2 N–H and O–H groups in total. The Morgan fingerprint density at radius 1 is 1.29 bits per heavy atom. The van der Waals surface area contributed by atoms with E-state index in [-0.39, 0.29) is 5.91 Å². The Bertz CT molecular complexity index is 968. The van der Waals surface area contributed by atoms with Crippen molar-refractivity contribution in [1.82, 2.24) is 24.6 Å². The molecule has 4 heterocycles. The first kappa shape index (κ1) is 19.4. The van der Waals surface area contributed by atoms with Gasteiger partial charge in [-0.1, -0.05) is 12.5 Å². The molecule has 0 aliphatic carbocycles. The lowest BCUT2D eigenvalue weighted by atomic mass is 10.1. The molecule has 148 valence electrons. The average molecular weight is 435 g/mol. The van der Waals surface area contributed by atoms with Crippen molar-refractivity contribution in [2.24, 2.45) is 0 Å². The third kappa shape index (κ3) is 4.75. The number of carbonyl (C=O) groups excluding carboxylic acids is 1. The number of amides is 1. The van der Waals surface area contributed by atoms with Crippen molar-refractivity contribution in [1.29, 1.82) is 0 Å². The molecule has 1 fully saturated rings. The summed E-state index contributed by atoms with van der Waals surface area (Å²) in [6, 6.07) is 3.96. The quantitative estimate of drug-likeness (QED) is 0.547. The molecule has 0 radical (unpaired) electrons. The van der Waals surface area contributed by atoms with Crippen LogP contribution in [0.15, 0.2) is 22.9 Å². The minimum absolute atomic E-state index is 0.0703. The number of H-pyrrole nitrogens is 1. The molecule has 1 amide bonds. The maximum Gasteiger partial charge on any atom is 0.227 e. The Labute approximate surface area is 176 Å². The minimum Gasteiger partial charge on any atom is -0.302 e. The van der Waals surface area contributed by atoms with Crippen molar-refractivity contribution in [2.75, 3.05) is 18.4 Å². The molecule has 10 heteroatoms. The van der Waals surface area contributed by atoms with Crippen LogP contribution in [0.3, 0.4) is 0 Å². The fourth-order valence-electron chi connectivity index (χ4n) is 3.30. The topological polar surface area (TPSA) is 78.8 Å². The number of likely N-dealkylation sites (tertiary alicyclic amines) is 1. The second-order valence-electron chi connectivity index (χ2n) is 6.76. The smallest absolute Gasteiger partial charge is 0.227 e. The van der Waals surface area contributed by atoms with E-state index in [2.05, 4.69) is 25.4 Å². The van der Waals surface area contributed by atoms with E-state index >= 15 is 0 Å². The van der Waals surface area contributed by atoms with E-state index in [9.17, 15) is 4.79 Å². The Balaban J connectivity index is 1.32. The van der Waals surface area contributed by atoms with E-state index in [1.165, 1.54) is 30.6 Å². The normalized spacial score (nSPS) is 15.0. The maximum absolute atomic E-state index is 12.4. The summed E-state index contributed by atoms with van der Waals surface area (Å²) < 4.78 is 2.39. The van der Waals surface area contributed by atoms with Crippen LogP contribution in [0.25, 0.3) is 10.7 Å². The third-order valence-corrected chi connectivity index (χ3v) is 6.68. The van der Waals surface area contributed by atoms with Gasteiger partial charge < -0.3 is 5.32 Å². The summed E-state index contributed by atoms with van der Waals surface area (Å²) >= 11 is 8.39. The van der Waals surface area contributed by atoms with Gasteiger partial charge in [0.15, 0.2) is 15.7 Å². The molecule has 0 bridgehead atoms. The summed E-state index contributed by atoms with van der Waals surface area (Å²) in [6.07, 6.45) is 4.16. The molecular formula is C18H22N6OS3. The molecule has 4 rings (SSSR count). The standard InChI is InChI=1S/C18H22N6OS3/c25-15(6-9-24-16(21-22-18(24)26)14-5-4-10-27-14)20-17-19-13(12-28-17)11-23-7-2-1-3-8-23/h4-5,10,12H,1-3,6-9,11H2,(H,22,26)(H,19,20,25). The monoisotopic (exact) mass is 434 g/mol. The highest BCUT2D eigenvalue weighted by molar-refractivity contribution is 7.71. The number of hydrogen-bond donors (Lipinski definition) is 2. The van der Waals surface area contributed by atoms with Crippen LogP contribution in [-0.4, -0.2) is 43.6 Å². The van der Waals surface area contributed by atoms with Gasteiger partial charge in [0.1, 0.15) is 0 Å². The van der Waals surface area contributed by atoms with E-state index in [1.807, 2.05) is 27.5 Å². The van der Waals surface area contributed by atoms with Crippen molar-refractivity contribution >= 4 is 45.9 Å². The zero-order valence-electron chi connectivity index (χ0n) is 15.4. The lowest BCUT2D eigenvalue weighted by Crippen LogP contribution is -2.29. The van der Waals surface area contributed by atoms with E-state index < -0.39 is 0 Å². The Morgan fingerprint density at radius 3 is 2.93 bits per heavy atom. The molecule has 7 nitrogen and oxygen atoms in total. The summed E-state index contributed by atoms with van der Waals surface area (Å²) in [4.78, 5) is 20.4. The van der Waals surface area contributed by atoms with Gasteiger partial charge in [0.2, 0.25) is 5.91 Å². The van der Waals surface area contributed by atoms with Gasteiger partial charge >= 0.3 is 0 Å². The van der Waals surface area contributed by atoms with Gasteiger partial charge in [-0.3, -0.25) is 19.4 Å². The number of carbonyl (C=O) groups is 1. The van der Waals surface area contributed by atoms with Gasteiger partial charge in [-0.15, -0.1) is 22.7 Å². The van der Waals surface area contributed by atoms with Crippen molar-refractivity contribution < 1.29 is 4.79 Å². The summed E-state index contributed by atoms with van der Waals surface area (Å²) in [5.74, 6) is 0.699. The third-order valence-electron chi connectivity index (χ3n) is 4.69. The SMILES string of the molecule is O=C(CCn1c(-c2cccs2)n[nH]c1=S)Nc1nc(CN2CCCCC2)cs1. The van der Waals surface area contributed by atoms with Crippen LogP contribution in [0.5, 0.6) is 0 Å². The van der Waals surface area contributed by atoms with Crippen molar-refractivity contribution in [3.63, 3.8) is 0 Å². The van der Waals surface area contributed by atoms with Crippen LogP contribution in [0.4, 0.5) is 5.13 Å². The molecule has 28 heavy (non-hydrogen) atoms. The van der Waals surface area contributed by atoms with Crippen LogP contribution in [-0.2, 0) is 17.9 Å². The second-order valence-corrected chi connectivity index (χ2v) is 8.95. The maximum atomic E-state index is 12.4. The highest BCUT2D eigenvalue weighted by Gasteiger charge is 2.14. The molecule has 0 unspecified atom stereocenters. The number of nitrogens with zero attached hydrogens (tertiary/aromatic N) is 4. The molecule has 3 aromatic heterocycles. The summed E-state index contributed by atoms with van der Waals surface area (Å²) in [5, 5.41) is 14.7. The highest BCUT2D eigenvalue weighted by atomic mass is 32.1. The minimum atomic E-state index is -0.0703. The summed E-state index contributed by atoms with van der Waals surface area (Å²) in [6.45, 7) is 3.61. The number of piperidine rings is 1. The van der Waals surface area contributed by atoms with Crippen LogP contribution in [0, 0.1) is 4.77 Å². The average Bonchev–Trinajstić information content (AvgIpc) is 3.43. The van der Waals surface area contributed by atoms with Crippen LogP contribution in [0.2, 0.25) is 0 Å². The molecule has 1 saturated heterocycles. The predicted molar refractivity (Wildman–Crippen MR) is 115 cm³/mol. The number of rotatable bonds is 7. The Kier molecular flexibility index (Phi) is 6.30. The first-order valence-electron chi connectivity index (χ1n) is 9.35. The van der Waals surface area contributed by atoms with E-state index in [0.717, 1.165) is 36.0 Å². The highest BCUT2D eigenvalue weighted by Crippen LogP contribution is 2.23. The van der Waals surface area contributed by atoms with E-state index in [1.54, 1.807) is 11.3 Å². The van der Waals surface area contributed by atoms with Gasteiger partial charge in [-0.25, -0.2) is 4.98 Å². The molecule has 0 spiro atoms. The molecular weight excluding hydrogens is 412 g/mol. The largest absolute Gasteiger partial charge is 0.302 e. The molecule has 0 atom stereocenters. The number of nitrogens with one attached hydrogen (secondary N) is 2. The first-order valence-corrected chi connectivity index (χ1v) is 11.5. The van der Waals surface area contributed by atoms with Crippen LogP contribution < -0.4 is 5.32 Å². The molecule has 1 aliphatic rings. The number of hydrogen-bond acceptors (Lipinski definition) is 7. The summed E-state index contributed by atoms with van der Waals surface area (Å²) in [5.41, 5.74) is 1.03. The number of aromatic nitrogens is 4. The van der Waals surface area contributed by atoms with E-state index in [0.29, 0.717) is 22.9 Å². The number of thiazole rings is 1. The lowest BCUT2D eigenvalue weighted by Gasteiger charge is -2.25. The predicted octanol–water partition coefficient (Wildman–Crippen LogP) is 4.14. The fourth-order valence-corrected chi connectivity index (χ4v) is 4.96. The number of aromatic amines is 1. The van der Waals surface area contributed by atoms with E-state index in [4.69, 9.17) is 12.2 Å². The van der Waals surface area contributed by atoms with Crippen molar-refractivity contribution in [3.05, 3.63) is 33.4 Å². The lowest BCUT2D eigenvalue weighted by molar-refractivity contribution is -0.116. The van der Waals surface area contributed by atoms with Crippen molar-refractivity contribution in [2.45, 2.75) is 38.8 Å². The molecule has 3 aromatic rings. The zero-order chi connectivity index (χ0) is 19.3. The van der Waals surface area contributed by atoms with Gasteiger partial charge in [-0.2, -0.15) is 5.10 Å². The van der Waals surface area contributed by atoms with Crippen LogP contribution >= 0.6 is 34.9 Å². The van der Waals surface area contributed by atoms with Gasteiger partial charge in [0, 0.05) is 24.9 Å². The Hall–Kier alpha value is -1.88. The van der Waals surface area contributed by atoms with Gasteiger partial charge in [0.25, 0.3) is 0 Å². The summed E-state index contributed by atoms with van der Waals surface area (Å²) in [7, 11) is 0. The first-order chi connectivity index (χ1) is 13.7.